The lowest BCUT2D eigenvalue weighted by molar-refractivity contribution is -0.118. The molecule has 23 heavy (non-hydrogen) atoms. The molecule has 2 rings (SSSR count). The predicted molar refractivity (Wildman–Crippen MR) is 92.1 cm³/mol. The first-order valence-electron chi connectivity index (χ1n) is 7.20. The SMILES string of the molecule is O=C(CS(=O)(=O)Cc1ccc(Cl)cc1)NCCc1ccccc1. The molecule has 0 saturated carbocycles. The highest BCUT2D eigenvalue weighted by molar-refractivity contribution is 7.91. The second kappa shape index (κ2) is 8.13. The van der Waals surface area contributed by atoms with Gasteiger partial charge >= 0.3 is 0 Å². The minimum Gasteiger partial charge on any atom is -0.355 e. The molecule has 4 nitrogen and oxygen atoms in total. The molecule has 0 bridgehead atoms. The van der Waals surface area contributed by atoms with Gasteiger partial charge in [-0.05, 0) is 29.7 Å². The van der Waals surface area contributed by atoms with Crippen LogP contribution >= 0.6 is 11.6 Å². The molecule has 0 atom stereocenters. The molecule has 0 heterocycles. The second-order valence-electron chi connectivity index (χ2n) is 5.24. The Hall–Kier alpha value is -1.85. The van der Waals surface area contributed by atoms with Crippen LogP contribution in [0.1, 0.15) is 11.1 Å². The van der Waals surface area contributed by atoms with E-state index < -0.39 is 21.5 Å². The van der Waals surface area contributed by atoms with Crippen molar-refractivity contribution in [1.29, 1.82) is 0 Å². The van der Waals surface area contributed by atoms with Crippen LogP contribution in [0.25, 0.3) is 0 Å². The Labute approximate surface area is 141 Å². The van der Waals surface area contributed by atoms with Crippen LogP contribution in [0.2, 0.25) is 5.02 Å². The average Bonchev–Trinajstić information content (AvgIpc) is 2.50. The van der Waals surface area contributed by atoms with Crippen molar-refractivity contribution in [3.8, 4) is 0 Å². The molecule has 2 aromatic carbocycles. The standard InChI is InChI=1S/C17H18ClNO3S/c18-16-8-6-15(7-9-16)12-23(21,22)13-17(20)19-11-10-14-4-2-1-3-5-14/h1-9H,10-13H2,(H,19,20). The Morgan fingerprint density at radius 2 is 1.61 bits per heavy atom. The molecular weight excluding hydrogens is 334 g/mol. The van der Waals surface area contributed by atoms with Crippen molar-refractivity contribution < 1.29 is 13.2 Å². The van der Waals surface area contributed by atoms with Crippen LogP contribution in [-0.4, -0.2) is 26.6 Å². The lowest BCUT2D eigenvalue weighted by Crippen LogP contribution is -2.32. The summed E-state index contributed by atoms with van der Waals surface area (Å²) >= 11 is 5.76. The highest BCUT2D eigenvalue weighted by Gasteiger charge is 2.17. The molecule has 0 unspecified atom stereocenters. The van der Waals surface area contributed by atoms with Crippen molar-refractivity contribution in [3.63, 3.8) is 0 Å². The van der Waals surface area contributed by atoms with E-state index in [0.29, 0.717) is 23.6 Å². The van der Waals surface area contributed by atoms with E-state index in [1.165, 1.54) is 0 Å². The van der Waals surface area contributed by atoms with Gasteiger partial charge in [-0.15, -0.1) is 0 Å². The normalized spacial score (nSPS) is 11.2. The van der Waals surface area contributed by atoms with Crippen molar-refractivity contribution in [2.75, 3.05) is 12.3 Å². The number of amides is 1. The van der Waals surface area contributed by atoms with Gasteiger partial charge in [-0.25, -0.2) is 8.42 Å². The highest BCUT2D eigenvalue weighted by atomic mass is 35.5. The monoisotopic (exact) mass is 351 g/mol. The number of hydrogen-bond donors (Lipinski definition) is 1. The zero-order valence-corrected chi connectivity index (χ0v) is 14.1. The van der Waals surface area contributed by atoms with Gasteiger partial charge in [-0.2, -0.15) is 0 Å². The van der Waals surface area contributed by atoms with Gasteiger partial charge in [0.15, 0.2) is 9.84 Å². The first-order valence-corrected chi connectivity index (χ1v) is 9.40. The first-order chi connectivity index (χ1) is 10.9. The maximum absolute atomic E-state index is 12.0. The van der Waals surface area contributed by atoms with Crippen LogP contribution in [0.3, 0.4) is 0 Å². The summed E-state index contributed by atoms with van der Waals surface area (Å²) < 4.78 is 24.1. The summed E-state index contributed by atoms with van der Waals surface area (Å²) in [6, 6.07) is 16.2. The zero-order chi connectivity index (χ0) is 16.7. The van der Waals surface area contributed by atoms with E-state index in [1.54, 1.807) is 24.3 Å². The van der Waals surface area contributed by atoms with E-state index in [1.807, 2.05) is 30.3 Å². The van der Waals surface area contributed by atoms with Gasteiger partial charge in [0.1, 0.15) is 5.75 Å². The molecule has 0 radical (unpaired) electrons. The fourth-order valence-corrected chi connectivity index (χ4v) is 3.56. The van der Waals surface area contributed by atoms with E-state index in [4.69, 9.17) is 11.6 Å². The molecular formula is C17H18ClNO3S. The Kier molecular flexibility index (Phi) is 6.19. The smallest absolute Gasteiger partial charge is 0.235 e. The van der Waals surface area contributed by atoms with Crippen molar-refractivity contribution in [2.45, 2.75) is 12.2 Å². The van der Waals surface area contributed by atoms with E-state index in [2.05, 4.69) is 5.32 Å². The molecule has 0 aromatic heterocycles. The maximum Gasteiger partial charge on any atom is 0.235 e. The fraction of sp³-hybridized carbons (Fsp3) is 0.235. The molecule has 0 fully saturated rings. The van der Waals surface area contributed by atoms with Gasteiger partial charge in [0.05, 0.1) is 5.75 Å². The number of carbonyl (C=O) groups is 1. The van der Waals surface area contributed by atoms with Crippen molar-refractivity contribution >= 4 is 27.3 Å². The number of carbonyl (C=O) groups excluding carboxylic acids is 1. The molecule has 1 amide bonds. The van der Waals surface area contributed by atoms with Crippen molar-refractivity contribution in [2.24, 2.45) is 0 Å². The van der Waals surface area contributed by atoms with Crippen LogP contribution in [0.4, 0.5) is 0 Å². The van der Waals surface area contributed by atoms with E-state index in [-0.39, 0.29) is 5.75 Å². The summed E-state index contributed by atoms with van der Waals surface area (Å²) in [5, 5.41) is 3.19. The van der Waals surface area contributed by atoms with Crippen LogP contribution in [0.15, 0.2) is 54.6 Å². The van der Waals surface area contributed by atoms with Gasteiger partial charge < -0.3 is 5.32 Å². The molecule has 0 aliphatic heterocycles. The largest absolute Gasteiger partial charge is 0.355 e. The van der Waals surface area contributed by atoms with E-state index >= 15 is 0 Å². The molecule has 2 aromatic rings. The summed E-state index contributed by atoms with van der Waals surface area (Å²) in [7, 11) is -3.50. The predicted octanol–water partition coefficient (Wildman–Crippen LogP) is 2.61. The fourth-order valence-electron chi connectivity index (χ4n) is 2.13. The van der Waals surface area contributed by atoms with Gasteiger partial charge in [0.25, 0.3) is 0 Å². The molecule has 6 heteroatoms. The quantitative estimate of drug-likeness (QED) is 0.834. The van der Waals surface area contributed by atoms with Crippen LogP contribution in [0.5, 0.6) is 0 Å². The Balaban J connectivity index is 1.80. The Bertz CT molecular complexity index is 743. The van der Waals surface area contributed by atoms with Crippen LogP contribution in [-0.2, 0) is 26.8 Å². The molecule has 0 spiro atoms. The van der Waals surface area contributed by atoms with E-state index in [9.17, 15) is 13.2 Å². The second-order valence-corrected chi connectivity index (χ2v) is 7.75. The number of rotatable bonds is 7. The van der Waals surface area contributed by atoms with Gasteiger partial charge in [-0.3, -0.25) is 4.79 Å². The summed E-state index contributed by atoms with van der Waals surface area (Å²) in [6.45, 7) is 0.416. The molecule has 122 valence electrons. The molecule has 0 aliphatic rings. The number of sulfone groups is 1. The van der Waals surface area contributed by atoms with Gasteiger partial charge in [0.2, 0.25) is 5.91 Å². The number of nitrogens with one attached hydrogen (secondary N) is 1. The Morgan fingerprint density at radius 3 is 2.26 bits per heavy atom. The van der Waals surface area contributed by atoms with Crippen molar-refractivity contribution in [1.82, 2.24) is 5.32 Å². The summed E-state index contributed by atoms with van der Waals surface area (Å²) in [6.07, 6.45) is 0.670. The van der Waals surface area contributed by atoms with Crippen molar-refractivity contribution in [3.05, 3.63) is 70.7 Å². The molecule has 1 N–H and O–H groups in total. The maximum atomic E-state index is 12.0. The van der Waals surface area contributed by atoms with E-state index in [0.717, 1.165) is 5.56 Å². The van der Waals surface area contributed by atoms with Crippen LogP contribution < -0.4 is 5.32 Å². The van der Waals surface area contributed by atoms with Crippen LogP contribution in [0, 0.1) is 0 Å². The highest BCUT2D eigenvalue weighted by Crippen LogP contribution is 2.12. The number of benzene rings is 2. The first kappa shape index (κ1) is 17.5. The minimum atomic E-state index is -3.50. The average molecular weight is 352 g/mol. The van der Waals surface area contributed by atoms with Gasteiger partial charge in [0, 0.05) is 11.6 Å². The third kappa shape index (κ3) is 6.42. The van der Waals surface area contributed by atoms with Gasteiger partial charge in [-0.1, -0.05) is 54.1 Å². The third-order valence-corrected chi connectivity index (χ3v) is 4.96. The minimum absolute atomic E-state index is 0.170. The third-order valence-electron chi connectivity index (χ3n) is 3.23. The zero-order valence-electron chi connectivity index (χ0n) is 12.5. The lowest BCUT2D eigenvalue weighted by Gasteiger charge is -2.07. The molecule has 0 saturated heterocycles. The summed E-state index contributed by atoms with van der Waals surface area (Å²) in [5.74, 6) is -1.16. The lowest BCUT2D eigenvalue weighted by atomic mass is 10.1. The Morgan fingerprint density at radius 1 is 0.957 bits per heavy atom. The topological polar surface area (TPSA) is 63.2 Å². The number of halogens is 1. The summed E-state index contributed by atoms with van der Waals surface area (Å²) in [5.41, 5.74) is 1.71. The molecule has 0 aliphatic carbocycles. The summed E-state index contributed by atoms with van der Waals surface area (Å²) in [4.78, 5) is 11.8. The number of hydrogen-bond acceptors (Lipinski definition) is 3.